The summed E-state index contributed by atoms with van der Waals surface area (Å²) in [5, 5.41) is 0. The summed E-state index contributed by atoms with van der Waals surface area (Å²) in [6.07, 6.45) is 2.72. The summed E-state index contributed by atoms with van der Waals surface area (Å²) in [5.41, 5.74) is 1.97. The molecule has 0 saturated carbocycles. The first-order valence-corrected chi connectivity index (χ1v) is 11.7. The van der Waals surface area contributed by atoms with E-state index in [0.29, 0.717) is 6.54 Å². The highest BCUT2D eigenvalue weighted by Crippen LogP contribution is 2.19. The molecule has 1 aliphatic rings. The minimum atomic E-state index is -3.73. The van der Waals surface area contributed by atoms with Gasteiger partial charge in [-0.3, -0.25) is 4.90 Å². The van der Waals surface area contributed by atoms with Gasteiger partial charge in [0.05, 0.1) is 18.1 Å². The van der Waals surface area contributed by atoms with E-state index in [4.69, 9.17) is 4.74 Å². The van der Waals surface area contributed by atoms with E-state index in [1.807, 2.05) is 43.3 Å². The molecule has 162 valence electrons. The number of benzene rings is 2. The van der Waals surface area contributed by atoms with Crippen molar-refractivity contribution in [2.45, 2.75) is 18.2 Å². The highest BCUT2D eigenvalue weighted by Gasteiger charge is 2.25. The van der Waals surface area contributed by atoms with Crippen molar-refractivity contribution < 1.29 is 17.5 Å². The first-order chi connectivity index (χ1) is 14.4. The van der Waals surface area contributed by atoms with Gasteiger partial charge in [0.15, 0.2) is 0 Å². The normalized spacial score (nSPS) is 16.2. The Kier molecular flexibility index (Phi) is 8.16. The lowest BCUT2D eigenvalue weighted by molar-refractivity contribution is 0.0369. The van der Waals surface area contributed by atoms with E-state index < -0.39 is 15.8 Å². The molecule has 0 amide bonds. The molecule has 0 aromatic heterocycles. The topological polar surface area (TPSA) is 49.9 Å². The van der Waals surface area contributed by atoms with Crippen molar-refractivity contribution in [3.8, 4) is 0 Å². The van der Waals surface area contributed by atoms with E-state index in [2.05, 4.69) is 4.90 Å². The van der Waals surface area contributed by atoms with Crippen LogP contribution in [0.3, 0.4) is 0 Å². The second-order valence-electron chi connectivity index (χ2n) is 7.50. The molecule has 2 aromatic carbocycles. The zero-order valence-corrected chi connectivity index (χ0v) is 18.2. The van der Waals surface area contributed by atoms with Crippen LogP contribution in [0.15, 0.2) is 65.1 Å². The fourth-order valence-corrected chi connectivity index (χ4v) is 5.01. The van der Waals surface area contributed by atoms with Crippen molar-refractivity contribution in [3.63, 3.8) is 0 Å². The second-order valence-corrected chi connectivity index (χ2v) is 9.44. The first-order valence-electron chi connectivity index (χ1n) is 10.2. The third kappa shape index (κ3) is 6.47. The van der Waals surface area contributed by atoms with Crippen molar-refractivity contribution in [2.24, 2.45) is 0 Å². The number of hydrogen-bond acceptors (Lipinski definition) is 4. The Morgan fingerprint density at radius 1 is 1.10 bits per heavy atom. The summed E-state index contributed by atoms with van der Waals surface area (Å²) in [6, 6.07) is 14.9. The van der Waals surface area contributed by atoms with Gasteiger partial charge >= 0.3 is 0 Å². The van der Waals surface area contributed by atoms with Gasteiger partial charge in [0.1, 0.15) is 5.82 Å². The average molecular weight is 433 g/mol. The molecule has 0 N–H and O–H groups in total. The third-order valence-corrected chi connectivity index (χ3v) is 6.93. The van der Waals surface area contributed by atoms with Crippen molar-refractivity contribution in [3.05, 3.63) is 71.6 Å². The Bertz CT molecular complexity index is 925. The monoisotopic (exact) mass is 432 g/mol. The van der Waals surface area contributed by atoms with E-state index in [9.17, 15) is 12.8 Å². The molecule has 1 aliphatic heterocycles. The maximum atomic E-state index is 13.3. The SMILES string of the molecule is C/C(=C\c1ccccc1)CN(CCCN1CCOCC1)S(=O)(=O)c1ccc(F)cc1. The number of rotatable bonds is 9. The fourth-order valence-electron chi connectivity index (χ4n) is 3.49. The molecule has 0 radical (unpaired) electrons. The molecule has 5 nitrogen and oxygen atoms in total. The smallest absolute Gasteiger partial charge is 0.243 e. The molecule has 0 atom stereocenters. The van der Waals surface area contributed by atoms with Gasteiger partial charge < -0.3 is 4.74 Å². The lowest BCUT2D eigenvalue weighted by Crippen LogP contribution is -2.39. The molecule has 0 aliphatic carbocycles. The van der Waals surface area contributed by atoms with Gasteiger partial charge in [0.2, 0.25) is 10.0 Å². The van der Waals surface area contributed by atoms with Crippen LogP contribution in [0.25, 0.3) is 6.08 Å². The van der Waals surface area contributed by atoms with Crippen LogP contribution in [-0.4, -0.2) is 63.6 Å². The maximum absolute atomic E-state index is 13.3. The molecule has 0 bridgehead atoms. The van der Waals surface area contributed by atoms with E-state index in [1.165, 1.54) is 28.6 Å². The van der Waals surface area contributed by atoms with Crippen LogP contribution in [0, 0.1) is 5.82 Å². The lowest BCUT2D eigenvalue weighted by Gasteiger charge is -2.28. The van der Waals surface area contributed by atoms with Crippen molar-refractivity contribution in [2.75, 3.05) is 45.9 Å². The van der Waals surface area contributed by atoms with Crippen LogP contribution in [-0.2, 0) is 14.8 Å². The van der Waals surface area contributed by atoms with Crippen LogP contribution < -0.4 is 0 Å². The summed E-state index contributed by atoms with van der Waals surface area (Å²) in [6.45, 7) is 6.62. The highest BCUT2D eigenvalue weighted by atomic mass is 32.2. The molecule has 2 aromatic rings. The summed E-state index contributed by atoms with van der Waals surface area (Å²) in [5.74, 6) is -0.451. The van der Waals surface area contributed by atoms with Crippen molar-refractivity contribution in [1.82, 2.24) is 9.21 Å². The van der Waals surface area contributed by atoms with Crippen LogP contribution >= 0.6 is 0 Å². The Morgan fingerprint density at radius 2 is 1.77 bits per heavy atom. The Labute approximate surface area is 178 Å². The van der Waals surface area contributed by atoms with Gasteiger partial charge in [-0.1, -0.05) is 42.0 Å². The largest absolute Gasteiger partial charge is 0.379 e. The van der Waals surface area contributed by atoms with Gasteiger partial charge in [0.25, 0.3) is 0 Å². The van der Waals surface area contributed by atoms with E-state index in [-0.39, 0.29) is 11.4 Å². The lowest BCUT2D eigenvalue weighted by atomic mass is 10.1. The first kappa shape index (κ1) is 22.6. The number of sulfonamides is 1. The predicted molar refractivity (Wildman–Crippen MR) is 117 cm³/mol. The zero-order valence-electron chi connectivity index (χ0n) is 17.3. The minimum Gasteiger partial charge on any atom is -0.379 e. The summed E-state index contributed by atoms with van der Waals surface area (Å²) >= 11 is 0. The third-order valence-electron chi connectivity index (χ3n) is 5.08. The van der Waals surface area contributed by atoms with Gasteiger partial charge in [-0.05, 0) is 49.7 Å². The molecule has 7 heteroatoms. The summed E-state index contributed by atoms with van der Waals surface area (Å²) in [4.78, 5) is 2.40. The standard InChI is InChI=1S/C23H29FN2O3S/c1-20(18-21-6-3-2-4-7-21)19-26(13-5-12-25-14-16-29-17-15-25)30(27,28)23-10-8-22(24)9-11-23/h2-4,6-11,18H,5,12-17,19H2,1H3/b20-18+. The summed E-state index contributed by atoms with van der Waals surface area (Å²) in [7, 11) is -3.73. The molecule has 0 spiro atoms. The molecule has 1 heterocycles. The predicted octanol–water partition coefficient (Wildman–Crippen LogP) is 3.64. The van der Waals surface area contributed by atoms with Crippen molar-refractivity contribution in [1.29, 1.82) is 0 Å². The van der Waals surface area contributed by atoms with Crippen molar-refractivity contribution >= 4 is 16.1 Å². The number of halogens is 1. The quantitative estimate of drug-likeness (QED) is 0.607. The molecule has 0 unspecified atom stereocenters. The molecule has 1 fully saturated rings. The highest BCUT2D eigenvalue weighted by molar-refractivity contribution is 7.89. The van der Waals surface area contributed by atoms with E-state index in [0.717, 1.165) is 50.4 Å². The van der Waals surface area contributed by atoms with Gasteiger partial charge in [-0.25, -0.2) is 12.8 Å². The van der Waals surface area contributed by atoms with Crippen LogP contribution in [0.4, 0.5) is 4.39 Å². The number of hydrogen-bond donors (Lipinski definition) is 0. The van der Waals surface area contributed by atoms with Gasteiger partial charge in [-0.15, -0.1) is 0 Å². The van der Waals surface area contributed by atoms with E-state index >= 15 is 0 Å². The molecule has 3 rings (SSSR count). The maximum Gasteiger partial charge on any atom is 0.243 e. The summed E-state index contributed by atoms with van der Waals surface area (Å²) < 4.78 is 46.7. The number of morpholine rings is 1. The van der Waals surface area contributed by atoms with Gasteiger partial charge in [0, 0.05) is 26.2 Å². The zero-order chi connectivity index (χ0) is 21.4. The Balaban J connectivity index is 1.74. The van der Waals surface area contributed by atoms with E-state index in [1.54, 1.807) is 0 Å². The van der Waals surface area contributed by atoms with Crippen LogP contribution in [0.2, 0.25) is 0 Å². The van der Waals surface area contributed by atoms with Crippen LogP contribution in [0.5, 0.6) is 0 Å². The second kappa shape index (κ2) is 10.8. The van der Waals surface area contributed by atoms with Crippen LogP contribution in [0.1, 0.15) is 18.9 Å². The average Bonchev–Trinajstić information content (AvgIpc) is 2.75. The number of nitrogens with zero attached hydrogens (tertiary/aromatic N) is 2. The molecular weight excluding hydrogens is 403 g/mol. The molecule has 30 heavy (non-hydrogen) atoms. The van der Waals surface area contributed by atoms with Gasteiger partial charge in [-0.2, -0.15) is 4.31 Å². The number of ether oxygens (including phenoxy) is 1. The Hall–Kier alpha value is -2.06. The fraction of sp³-hybridized carbons (Fsp3) is 0.391. The Morgan fingerprint density at radius 3 is 2.43 bits per heavy atom. The minimum absolute atomic E-state index is 0.114. The molecular formula is C23H29FN2O3S. The molecule has 1 saturated heterocycles.